The Morgan fingerprint density at radius 2 is 2.12 bits per heavy atom. The van der Waals surface area contributed by atoms with Crippen LogP contribution in [0.3, 0.4) is 0 Å². The van der Waals surface area contributed by atoms with Crippen molar-refractivity contribution in [3.8, 4) is 0 Å². The number of hydrogen-bond donors (Lipinski definition) is 2. The Morgan fingerprint density at radius 3 is 2.81 bits per heavy atom. The van der Waals surface area contributed by atoms with Crippen LogP contribution in [-0.2, 0) is 4.74 Å². The molecule has 0 bridgehead atoms. The Balaban J connectivity index is 2.07. The third kappa shape index (κ3) is 5.25. The first kappa shape index (κ1) is 13.9. The van der Waals surface area contributed by atoms with Crippen LogP contribution in [0.4, 0.5) is 0 Å². The van der Waals surface area contributed by atoms with Gasteiger partial charge < -0.3 is 15.6 Å². The first-order valence-corrected chi connectivity index (χ1v) is 6.44. The van der Waals surface area contributed by atoms with Crippen LogP contribution in [0.2, 0.25) is 0 Å². The maximum absolute atomic E-state index is 8.67. The first-order chi connectivity index (χ1) is 7.74. The summed E-state index contributed by atoms with van der Waals surface area (Å²) in [4.78, 5) is 2.44. The molecule has 1 aliphatic rings. The van der Waals surface area contributed by atoms with Crippen molar-refractivity contribution in [3.05, 3.63) is 0 Å². The molecule has 4 heteroatoms. The second-order valence-corrected chi connectivity index (χ2v) is 4.71. The summed E-state index contributed by atoms with van der Waals surface area (Å²) in [5.41, 5.74) is 5.84. The van der Waals surface area contributed by atoms with Crippen LogP contribution < -0.4 is 5.73 Å². The van der Waals surface area contributed by atoms with Crippen LogP contribution in [0.1, 0.15) is 32.6 Å². The minimum absolute atomic E-state index is 0.122. The molecule has 3 N–H and O–H groups in total. The summed E-state index contributed by atoms with van der Waals surface area (Å²) in [6, 6.07) is 0.122. The summed E-state index contributed by atoms with van der Waals surface area (Å²) < 4.78 is 5.61. The van der Waals surface area contributed by atoms with Crippen LogP contribution in [0, 0.1) is 0 Å². The lowest BCUT2D eigenvalue weighted by atomic mass is 10.1. The number of aliphatic hydroxyl groups is 1. The van der Waals surface area contributed by atoms with Gasteiger partial charge >= 0.3 is 0 Å². The van der Waals surface area contributed by atoms with Gasteiger partial charge in [-0.15, -0.1) is 0 Å². The summed E-state index contributed by atoms with van der Waals surface area (Å²) in [6.07, 6.45) is 4.70. The van der Waals surface area contributed by atoms with Crippen LogP contribution >= 0.6 is 0 Å². The molecule has 16 heavy (non-hydrogen) atoms. The van der Waals surface area contributed by atoms with Crippen molar-refractivity contribution < 1.29 is 9.84 Å². The van der Waals surface area contributed by atoms with E-state index in [1.54, 1.807) is 0 Å². The lowest BCUT2D eigenvalue weighted by Gasteiger charge is -2.34. The van der Waals surface area contributed by atoms with E-state index in [1.165, 1.54) is 12.8 Å². The molecule has 1 fully saturated rings. The lowest BCUT2D eigenvalue weighted by molar-refractivity contribution is -0.0379. The van der Waals surface area contributed by atoms with Crippen LogP contribution in [0.5, 0.6) is 0 Å². The van der Waals surface area contributed by atoms with E-state index in [0.29, 0.717) is 6.61 Å². The van der Waals surface area contributed by atoms with Gasteiger partial charge in [0.25, 0.3) is 0 Å². The number of hydrogen-bond acceptors (Lipinski definition) is 4. The molecule has 1 aliphatic heterocycles. The van der Waals surface area contributed by atoms with E-state index in [9.17, 15) is 0 Å². The number of rotatable bonds is 7. The van der Waals surface area contributed by atoms with E-state index >= 15 is 0 Å². The van der Waals surface area contributed by atoms with E-state index < -0.39 is 0 Å². The highest BCUT2D eigenvalue weighted by Crippen LogP contribution is 2.09. The van der Waals surface area contributed by atoms with Crippen molar-refractivity contribution >= 4 is 0 Å². The molecule has 0 aromatic carbocycles. The van der Waals surface area contributed by atoms with Crippen LogP contribution in [0.25, 0.3) is 0 Å². The van der Waals surface area contributed by atoms with E-state index in [1.807, 2.05) is 6.92 Å². The van der Waals surface area contributed by atoms with Gasteiger partial charge in [0.05, 0.1) is 12.7 Å². The predicted octanol–water partition coefficient (Wildman–Crippen LogP) is 0.587. The molecule has 0 saturated carbocycles. The summed E-state index contributed by atoms with van der Waals surface area (Å²) in [6.45, 7) is 6.28. The molecule has 1 rings (SSSR count). The molecule has 2 atom stereocenters. The molecule has 4 nitrogen and oxygen atoms in total. The SMILES string of the molecule is CC(N)C1CN(CCCCCCO)CCO1. The minimum Gasteiger partial charge on any atom is -0.396 e. The van der Waals surface area contributed by atoms with Gasteiger partial charge in [-0.05, 0) is 26.3 Å². The molecular formula is C12H26N2O2. The molecule has 1 saturated heterocycles. The summed E-state index contributed by atoms with van der Waals surface area (Å²) >= 11 is 0. The number of nitrogens with two attached hydrogens (primary N) is 1. The predicted molar refractivity (Wildman–Crippen MR) is 65.4 cm³/mol. The van der Waals surface area contributed by atoms with E-state index in [4.69, 9.17) is 15.6 Å². The maximum atomic E-state index is 8.67. The number of unbranched alkanes of at least 4 members (excludes halogenated alkanes) is 3. The first-order valence-electron chi connectivity index (χ1n) is 6.44. The molecule has 0 aromatic rings. The normalized spacial score (nSPS) is 24.6. The van der Waals surface area contributed by atoms with Gasteiger partial charge in [0.1, 0.15) is 0 Å². The highest BCUT2D eigenvalue weighted by molar-refractivity contribution is 4.77. The number of nitrogens with zero attached hydrogens (tertiary/aromatic N) is 1. The largest absolute Gasteiger partial charge is 0.396 e. The van der Waals surface area contributed by atoms with Crippen molar-refractivity contribution in [1.82, 2.24) is 4.90 Å². The van der Waals surface area contributed by atoms with E-state index in [-0.39, 0.29) is 12.1 Å². The van der Waals surface area contributed by atoms with Gasteiger partial charge in [-0.3, -0.25) is 4.90 Å². The number of aliphatic hydroxyl groups excluding tert-OH is 1. The summed E-state index contributed by atoms with van der Waals surface area (Å²) in [5.74, 6) is 0. The smallest absolute Gasteiger partial charge is 0.0850 e. The Hall–Kier alpha value is -0.160. The van der Waals surface area contributed by atoms with Crippen molar-refractivity contribution in [1.29, 1.82) is 0 Å². The van der Waals surface area contributed by atoms with E-state index in [2.05, 4.69) is 4.90 Å². The minimum atomic E-state index is 0.122. The molecule has 0 spiro atoms. The second-order valence-electron chi connectivity index (χ2n) is 4.71. The quantitative estimate of drug-likeness (QED) is 0.628. The number of morpholine rings is 1. The van der Waals surface area contributed by atoms with Crippen molar-refractivity contribution in [2.75, 3.05) is 32.8 Å². The van der Waals surface area contributed by atoms with Crippen LogP contribution in [-0.4, -0.2) is 55.0 Å². The third-order valence-electron chi connectivity index (χ3n) is 3.15. The molecule has 0 aromatic heterocycles. The zero-order chi connectivity index (χ0) is 11.8. The molecule has 0 radical (unpaired) electrons. The zero-order valence-corrected chi connectivity index (χ0v) is 10.4. The highest BCUT2D eigenvalue weighted by Gasteiger charge is 2.22. The zero-order valence-electron chi connectivity index (χ0n) is 10.4. The fraction of sp³-hybridized carbons (Fsp3) is 1.00. The summed E-state index contributed by atoms with van der Waals surface area (Å²) in [5, 5.41) is 8.67. The van der Waals surface area contributed by atoms with Gasteiger partial charge in [0.15, 0.2) is 0 Å². The Labute approximate surface area is 98.8 Å². The Kier molecular flexibility index (Phi) is 6.96. The molecule has 1 heterocycles. The van der Waals surface area contributed by atoms with Gasteiger partial charge in [0.2, 0.25) is 0 Å². The molecule has 0 amide bonds. The highest BCUT2D eigenvalue weighted by atomic mass is 16.5. The maximum Gasteiger partial charge on any atom is 0.0850 e. The number of ether oxygens (including phenoxy) is 1. The molecule has 2 unspecified atom stereocenters. The average molecular weight is 230 g/mol. The average Bonchev–Trinajstić information content (AvgIpc) is 2.29. The van der Waals surface area contributed by atoms with Gasteiger partial charge in [0, 0.05) is 25.7 Å². The van der Waals surface area contributed by atoms with E-state index in [0.717, 1.165) is 39.1 Å². The fourth-order valence-electron chi connectivity index (χ4n) is 2.05. The van der Waals surface area contributed by atoms with Crippen molar-refractivity contribution in [2.45, 2.75) is 44.8 Å². The second kappa shape index (κ2) is 8.01. The Morgan fingerprint density at radius 1 is 1.38 bits per heavy atom. The van der Waals surface area contributed by atoms with Gasteiger partial charge in [-0.1, -0.05) is 12.8 Å². The molecular weight excluding hydrogens is 204 g/mol. The topological polar surface area (TPSA) is 58.7 Å². The molecule has 0 aliphatic carbocycles. The third-order valence-corrected chi connectivity index (χ3v) is 3.15. The van der Waals surface area contributed by atoms with Gasteiger partial charge in [-0.25, -0.2) is 0 Å². The lowest BCUT2D eigenvalue weighted by Crippen LogP contribution is -2.49. The standard InChI is InChI=1S/C12H26N2O2/c1-11(13)12-10-14(7-9-16-12)6-4-2-3-5-8-15/h11-12,15H,2-10,13H2,1H3. The van der Waals surface area contributed by atoms with Crippen LogP contribution in [0.15, 0.2) is 0 Å². The molecule has 96 valence electrons. The Bertz CT molecular complexity index is 176. The van der Waals surface area contributed by atoms with Crippen molar-refractivity contribution in [3.63, 3.8) is 0 Å². The fourth-order valence-corrected chi connectivity index (χ4v) is 2.05. The summed E-state index contributed by atoms with van der Waals surface area (Å²) in [7, 11) is 0. The van der Waals surface area contributed by atoms with Gasteiger partial charge in [-0.2, -0.15) is 0 Å². The van der Waals surface area contributed by atoms with Crippen molar-refractivity contribution in [2.24, 2.45) is 5.73 Å². The monoisotopic (exact) mass is 230 g/mol.